The summed E-state index contributed by atoms with van der Waals surface area (Å²) in [4.78, 5) is 72.8. The van der Waals surface area contributed by atoms with E-state index in [1.807, 2.05) is 18.2 Å². The van der Waals surface area contributed by atoms with Gasteiger partial charge in [-0.1, -0.05) is 284 Å². The van der Waals surface area contributed by atoms with E-state index in [2.05, 4.69) is 131 Å². The van der Waals surface area contributed by atoms with Gasteiger partial charge in [-0.05, 0) is 122 Å². The summed E-state index contributed by atoms with van der Waals surface area (Å²) >= 11 is 0. The first kappa shape index (κ1) is 95.5. The Bertz CT molecular complexity index is 2370. The largest absolute Gasteiger partial charge is 0.472 e. The number of aliphatic hydroxyl groups is 1. The number of esters is 4. The highest BCUT2D eigenvalue weighted by molar-refractivity contribution is 7.47. The van der Waals surface area contributed by atoms with Gasteiger partial charge in [0, 0.05) is 25.7 Å². The monoisotopic (exact) mass is 1440 g/mol. The third-order valence-electron chi connectivity index (χ3n) is 15.9. The molecule has 0 saturated heterocycles. The van der Waals surface area contributed by atoms with Crippen molar-refractivity contribution >= 4 is 39.5 Å². The maximum absolute atomic E-state index is 13.1. The second-order valence-corrected chi connectivity index (χ2v) is 28.5. The molecule has 0 amide bonds. The Balaban J connectivity index is 5.41. The Kier molecular flexibility index (Phi) is 69.5. The number of phosphoric acid groups is 2. The van der Waals surface area contributed by atoms with Crippen molar-refractivity contribution in [3.8, 4) is 0 Å². The summed E-state index contributed by atoms with van der Waals surface area (Å²) in [6.07, 6.45) is 79.1. The van der Waals surface area contributed by atoms with Crippen LogP contribution in [0, 0.1) is 0 Å². The van der Waals surface area contributed by atoms with Crippen LogP contribution in [-0.2, 0) is 65.4 Å². The van der Waals surface area contributed by atoms with Crippen LogP contribution in [0.4, 0.5) is 0 Å². The molecule has 0 saturated carbocycles. The number of unbranched alkanes of at least 4 members (excludes halogenated alkanes) is 26. The Morgan fingerprint density at radius 3 is 0.920 bits per heavy atom. The number of carbonyl (C=O) groups excluding carboxylic acids is 4. The number of rotatable bonds is 72. The van der Waals surface area contributed by atoms with Gasteiger partial charge in [-0.15, -0.1) is 0 Å². The second-order valence-electron chi connectivity index (χ2n) is 25.6. The van der Waals surface area contributed by atoms with Crippen molar-refractivity contribution in [1.29, 1.82) is 0 Å². The lowest BCUT2D eigenvalue weighted by Crippen LogP contribution is -2.30. The molecule has 0 aliphatic heterocycles. The van der Waals surface area contributed by atoms with Crippen LogP contribution in [-0.4, -0.2) is 96.7 Å². The quantitative estimate of drug-likeness (QED) is 0.0169. The topological polar surface area (TPSA) is 237 Å². The van der Waals surface area contributed by atoms with E-state index < -0.39 is 97.5 Å². The van der Waals surface area contributed by atoms with Crippen LogP contribution in [0.2, 0.25) is 0 Å². The average Bonchev–Trinajstić information content (AvgIpc) is 0.935. The standard InChI is InChI=1S/C81H138O17P2/c1-5-9-13-17-21-25-29-33-35-36-37-38-40-44-46-50-54-58-62-66-79(84)92-72-77(98-81(86)68-64-60-56-52-48-42-32-28-24-20-16-12-8-4)74-96-100(89,90)94-70-75(82)69-93-99(87,88)95-73-76(97-80(85)67-63-59-55-51-47-41-31-27-23-19-15-11-7-3)71-91-78(83)65-61-57-53-49-45-43-39-34-30-26-22-18-14-10-6-2/h9,13,16,20-22,25-26,28,32-35,37-39,44,46,54,58,75-77,82H,5-8,10-12,14-15,17-19,23-24,27,29-31,36,40-43,45,47-53,55-57,59-74H2,1-4H3,(H,87,88)(H,89,90)/b13-9-,20-16-,25-21-,26-22-,32-28-,35-33-,38-37-,39-34-,46-44-,58-54-. The molecule has 0 heterocycles. The van der Waals surface area contributed by atoms with Gasteiger partial charge in [-0.2, -0.15) is 0 Å². The molecule has 0 aromatic heterocycles. The molecule has 0 aliphatic carbocycles. The molecule has 0 aliphatic rings. The zero-order chi connectivity index (χ0) is 73.2. The summed E-state index contributed by atoms with van der Waals surface area (Å²) in [5, 5.41) is 10.6. The van der Waals surface area contributed by atoms with E-state index in [4.69, 9.17) is 37.0 Å². The van der Waals surface area contributed by atoms with Gasteiger partial charge in [0.2, 0.25) is 0 Å². The molecule has 3 N–H and O–H groups in total. The van der Waals surface area contributed by atoms with E-state index in [0.29, 0.717) is 32.1 Å². The summed E-state index contributed by atoms with van der Waals surface area (Å²) in [5.74, 6) is -2.30. The van der Waals surface area contributed by atoms with Gasteiger partial charge in [-0.25, -0.2) is 9.13 Å². The van der Waals surface area contributed by atoms with E-state index in [-0.39, 0.29) is 25.7 Å². The van der Waals surface area contributed by atoms with Crippen molar-refractivity contribution in [3.63, 3.8) is 0 Å². The lowest BCUT2D eigenvalue weighted by molar-refractivity contribution is -0.161. The van der Waals surface area contributed by atoms with Gasteiger partial charge in [0.1, 0.15) is 19.3 Å². The highest BCUT2D eigenvalue weighted by Crippen LogP contribution is 2.45. The predicted molar refractivity (Wildman–Crippen MR) is 408 cm³/mol. The molecule has 5 unspecified atom stereocenters. The normalized spacial score (nSPS) is 14.6. The number of hydrogen-bond acceptors (Lipinski definition) is 15. The first-order chi connectivity index (χ1) is 48.7. The summed E-state index contributed by atoms with van der Waals surface area (Å²) in [5.41, 5.74) is 0. The lowest BCUT2D eigenvalue weighted by atomic mass is 10.0. The van der Waals surface area contributed by atoms with E-state index >= 15 is 0 Å². The van der Waals surface area contributed by atoms with Gasteiger partial charge in [0.25, 0.3) is 0 Å². The molecule has 0 spiro atoms. The molecule has 0 rings (SSSR count). The fraction of sp³-hybridized carbons (Fsp3) is 0.704. The van der Waals surface area contributed by atoms with Crippen LogP contribution in [0.3, 0.4) is 0 Å². The molecule has 0 radical (unpaired) electrons. The molecule has 0 aromatic carbocycles. The Labute approximate surface area is 606 Å². The van der Waals surface area contributed by atoms with Gasteiger partial charge in [-0.3, -0.25) is 37.3 Å². The van der Waals surface area contributed by atoms with Crippen molar-refractivity contribution in [2.75, 3.05) is 39.6 Å². The highest BCUT2D eigenvalue weighted by Gasteiger charge is 2.30. The lowest BCUT2D eigenvalue weighted by Gasteiger charge is -2.21. The molecule has 5 atom stereocenters. The highest BCUT2D eigenvalue weighted by atomic mass is 31.2. The van der Waals surface area contributed by atoms with Crippen LogP contribution >= 0.6 is 15.6 Å². The maximum atomic E-state index is 13.1. The van der Waals surface area contributed by atoms with E-state index in [1.165, 1.54) is 70.6 Å². The van der Waals surface area contributed by atoms with Crippen molar-refractivity contribution in [3.05, 3.63) is 122 Å². The molecule has 574 valence electrons. The van der Waals surface area contributed by atoms with Crippen molar-refractivity contribution < 1.29 is 80.2 Å². The number of ether oxygens (including phenoxy) is 4. The van der Waals surface area contributed by atoms with E-state index in [1.54, 1.807) is 0 Å². The predicted octanol–water partition coefficient (Wildman–Crippen LogP) is 22.3. The maximum Gasteiger partial charge on any atom is 0.472 e. The minimum atomic E-state index is -5.00. The van der Waals surface area contributed by atoms with E-state index in [9.17, 15) is 43.2 Å². The van der Waals surface area contributed by atoms with Crippen LogP contribution in [0.15, 0.2) is 122 Å². The SMILES string of the molecule is CC/C=C\C/C=C\C/C=C\C/C=C\C/C=C\C/C=C\CCC(=O)OCC(COP(=O)(O)OCC(O)COP(=O)(O)OCC(COC(=O)CCCCCCC/C=C\C/C=C\CCCCC)OC(=O)CCCCCCCCCCCCCCC)OC(=O)CCCCCCC/C=C\C/C=C\CCC. The molecule has 0 fully saturated rings. The summed E-state index contributed by atoms with van der Waals surface area (Å²) in [6, 6.07) is 0. The minimum absolute atomic E-state index is 0.0310. The minimum Gasteiger partial charge on any atom is -0.462 e. The third kappa shape index (κ3) is 71.8. The Hall–Kier alpha value is -4.54. The summed E-state index contributed by atoms with van der Waals surface area (Å²) in [7, 11) is -9.98. The molecule has 0 bridgehead atoms. The number of hydrogen-bond donors (Lipinski definition) is 3. The number of aliphatic hydroxyl groups excluding tert-OH is 1. The Morgan fingerprint density at radius 1 is 0.290 bits per heavy atom. The molecule has 100 heavy (non-hydrogen) atoms. The average molecular weight is 1450 g/mol. The third-order valence-corrected chi connectivity index (χ3v) is 17.8. The van der Waals surface area contributed by atoms with Crippen molar-refractivity contribution in [1.82, 2.24) is 0 Å². The fourth-order valence-electron chi connectivity index (χ4n) is 10.0. The van der Waals surface area contributed by atoms with Crippen molar-refractivity contribution in [2.24, 2.45) is 0 Å². The zero-order valence-corrected chi connectivity index (χ0v) is 64.4. The van der Waals surface area contributed by atoms with Crippen molar-refractivity contribution in [2.45, 2.75) is 329 Å². The van der Waals surface area contributed by atoms with Gasteiger partial charge >= 0.3 is 39.5 Å². The number of phosphoric ester groups is 2. The van der Waals surface area contributed by atoms with Crippen LogP contribution < -0.4 is 0 Å². The first-order valence-electron chi connectivity index (χ1n) is 38.8. The molecule has 19 heteroatoms. The van der Waals surface area contributed by atoms with Crippen LogP contribution in [0.5, 0.6) is 0 Å². The number of allylic oxidation sites excluding steroid dienone is 20. The number of carbonyl (C=O) groups is 4. The zero-order valence-electron chi connectivity index (χ0n) is 62.6. The second kappa shape index (κ2) is 72.8. The molecular formula is C81H138O17P2. The Morgan fingerprint density at radius 2 is 0.560 bits per heavy atom. The van der Waals surface area contributed by atoms with Gasteiger partial charge < -0.3 is 33.8 Å². The van der Waals surface area contributed by atoms with Gasteiger partial charge in [0.05, 0.1) is 26.4 Å². The van der Waals surface area contributed by atoms with Crippen LogP contribution in [0.1, 0.15) is 310 Å². The first-order valence-corrected chi connectivity index (χ1v) is 41.8. The summed E-state index contributed by atoms with van der Waals surface area (Å²) < 4.78 is 68.4. The van der Waals surface area contributed by atoms with Gasteiger partial charge in [0.15, 0.2) is 12.2 Å². The molecule has 0 aromatic rings. The van der Waals surface area contributed by atoms with Crippen LogP contribution in [0.25, 0.3) is 0 Å². The smallest absolute Gasteiger partial charge is 0.462 e. The van der Waals surface area contributed by atoms with E-state index in [0.717, 1.165) is 154 Å². The summed E-state index contributed by atoms with van der Waals surface area (Å²) in [6.45, 7) is 4.56. The fourth-order valence-corrected chi connectivity index (χ4v) is 11.6. The molecule has 17 nitrogen and oxygen atoms in total. The molecular weight excluding hydrogens is 1310 g/mol.